The van der Waals surface area contributed by atoms with Crippen LogP contribution in [-0.2, 0) is 9.53 Å². The van der Waals surface area contributed by atoms with Crippen LogP contribution in [-0.4, -0.2) is 12.1 Å². The van der Waals surface area contributed by atoms with Crippen molar-refractivity contribution in [3.8, 4) is 0 Å². The first-order valence-corrected chi connectivity index (χ1v) is 3.50. The maximum Gasteiger partial charge on any atom is 0.303 e. The molecular formula is C8H14O2. The Labute approximate surface area is 61.9 Å². The molecule has 0 spiro atoms. The molecule has 0 aromatic rings. The zero-order valence-corrected chi connectivity index (χ0v) is 6.76. The Balaban J connectivity index is 3.71. The number of hydrogen-bond acceptors (Lipinski definition) is 2. The van der Waals surface area contributed by atoms with Gasteiger partial charge in [0.2, 0.25) is 0 Å². The normalized spacial score (nSPS) is 13.5. The number of allylic oxidation sites excluding steroid dienone is 1. The third kappa shape index (κ3) is 4.13. The first-order valence-electron chi connectivity index (χ1n) is 3.50. The molecule has 0 aliphatic rings. The Morgan fingerprint density at radius 2 is 2.30 bits per heavy atom. The molecule has 0 N–H and O–H groups in total. The van der Waals surface area contributed by atoms with E-state index in [-0.39, 0.29) is 12.1 Å². The van der Waals surface area contributed by atoms with Crippen LogP contribution in [0.5, 0.6) is 0 Å². The van der Waals surface area contributed by atoms with Crippen molar-refractivity contribution in [2.45, 2.75) is 33.3 Å². The summed E-state index contributed by atoms with van der Waals surface area (Å²) in [6.07, 6.45) is 4.56. The highest BCUT2D eigenvalue weighted by Crippen LogP contribution is 1.99. The van der Waals surface area contributed by atoms with E-state index >= 15 is 0 Å². The Morgan fingerprint density at radius 1 is 1.70 bits per heavy atom. The van der Waals surface area contributed by atoms with Crippen molar-refractivity contribution in [3.05, 3.63) is 12.2 Å². The average molecular weight is 142 g/mol. The van der Waals surface area contributed by atoms with Gasteiger partial charge < -0.3 is 4.74 Å². The molecule has 0 rings (SSSR count). The van der Waals surface area contributed by atoms with E-state index in [1.54, 1.807) is 0 Å². The largest absolute Gasteiger partial charge is 0.458 e. The third-order valence-corrected chi connectivity index (χ3v) is 1.13. The van der Waals surface area contributed by atoms with Crippen LogP contribution in [0, 0.1) is 0 Å². The van der Waals surface area contributed by atoms with E-state index < -0.39 is 0 Å². The molecule has 0 saturated carbocycles. The summed E-state index contributed by atoms with van der Waals surface area (Å²) in [6, 6.07) is 0. The Hall–Kier alpha value is -0.790. The predicted molar refractivity (Wildman–Crippen MR) is 40.7 cm³/mol. The number of carbonyl (C=O) groups excluding carboxylic acids is 1. The molecule has 0 aromatic carbocycles. The molecule has 1 unspecified atom stereocenters. The molecule has 0 aliphatic carbocycles. The SMILES string of the molecule is C/C=C/C(CC)OC(C)=O. The highest BCUT2D eigenvalue weighted by atomic mass is 16.5. The molecule has 1 atom stereocenters. The van der Waals surface area contributed by atoms with Crippen LogP contribution in [0.2, 0.25) is 0 Å². The molecule has 0 bridgehead atoms. The van der Waals surface area contributed by atoms with Crippen molar-refractivity contribution in [3.63, 3.8) is 0 Å². The molecule has 0 aromatic heterocycles. The summed E-state index contributed by atoms with van der Waals surface area (Å²) in [4.78, 5) is 10.4. The zero-order valence-electron chi connectivity index (χ0n) is 6.76. The van der Waals surface area contributed by atoms with E-state index in [1.165, 1.54) is 6.92 Å². The molecular weight excluding hydrogens is 128 g/mol. The molecule has 0 radical (unpaired) electrons. The molecule has 0 heterocycles. The lowest BCUT2D eigenvalue weighted by Gasteiger charge is -2.08. The van der Waals surface area contributed by atoms with Gasteiger partial charge in [-0.05, 0) is 19.4 Å². The van der Waals surface area contributed by atoms with Crippen molar-refractivity contribution in [2.75, 3.05) is 0 Å². The monoisotopic (exact) mass is 142 g/mol. The lowest BCUT2D eigenvalue weighted by atomic mass is 10.2. The Morgan fingerprint density at radius 3 is 2.60 bits per heavy atom. The van der Waals surface area contributed by atoms with Crippen molar-refractivity contribution in [1.29, 1.82) is 0 Å². The highest BCUT2D eigenvalue weighted by molar-refractivity contribution is 5.66. The molecule has 10 heavy (non-hydrogen) atoms. The second-order valence-electron chi connectivity index (χ2n) is 2.08. The van der Waals surface area contributed by atoms with Gasteiger partial charge in [-0.25, -0.2) is 0 Å². The van der Waals surface area contributed by atoms with Crippen molar-refractivity contribution in [2.24, 2.45) is 0 Å². The summed E-state index contributed by atoms with van der Waals surface area (Å²) in [5, 5.41) is 0. The van der Waals surface area contributed by atoms with Crippen LogP contribution in [0.1, 0.15) is 27.2 Å². The number of hydrogen-bond donors (Lipinski definition) is 0. The summed E-state index contributed by atoms with van der Waals surface area (Å²) in [5.74, 6) is -0.218. The topological polar surface area (TPSA) is 26.3 Å². The molecule has 0 saturated heterocycles. The summed E-state index contributed by atoms with van der Waals surface area (Å²) in [6.45, 7) is 5.31. The van der Waals surface area contributed by atoms with E-state index in [0.29, 0.717) is 0 Å². The minimum absolute atomic E-state index is 0.0394. The quantitative estimate of drug-likeness (QED) is 0.444. The van der Waals surface area contributed by atoms with E-state index in [9.17, 15) is 4.79 Å². The van der Waals surface area contributed by atoms with Crippen LogP contribution < -0.4 is 0 Å². The van der Waals surface area contributed by atoms with E-state index in [0.717, 1.165) is 6.42 Å². The van der Waals surface area contributed by atoms with Crippen LogP contribution in [0.4, 0.5) is 0 Å². The lowest BCUT2D eigenvalue weighted by Crippen LogP contribution is -2.11. The molecule has 2 heteroatoms. The smallest absolute Gasteiger partial charge is 0.303 e. The molecule has 0 aliphatic heterocycles. The van der Waals surface area contributed by atoms with Gasteiger partial charge in [0.05, 0.1) is 0 Å². The van der Waals surface area contributed by atoms with Gasteiger partial charge in [-0.1, -0.05) is 13.0 Å². The first-order chi connectivity index (χ1) is 4.70. The highest BCUT2D eigenvalue weighted by Gasteiger charge is 2.02. The zero-order chi connectivity index (χ0) is 7.98. The molecule has 0 fully saturated rings. The minimum Gasteiger partial charge on any atom is -0.458 e. The summed E-state index contributed by atoms with van der Waals surface area (Å²) < 4.78 is 4.91. The number of rotatable bonds is 3. The number of carbonyl (C=O) groups is 1. The summed E-state index contributed by atoms with van der Waals surface area (Å²) in [7, 11) is 0. The van der Waals surface area contributed by atoms with Crippen LogP contribution in [0.3, 0.4) is 0 Å². The summed E-state index contributed by atoms with van der Waals surface area (Å²) >= 11 is 0. The predicted octanol–water partition coefficient (Wildman–Crippen LogP) is 1.90. The maximum atomic E-state index is 10.4. The minimum atomic E-state index is -0.218. The van der Waals surface area contributed by atoms with Gasteiger partial charge in [0.1, 0.15) is 6.10 Å². The first kappa shape index (κ1) is 9.21. The van der Waals surface area contributed by atoms with Gasteiger partial charge in [-0.2, -0.15) is 0 Å². The third-order valence-electron chi connectivity index (χ3n) is 1.13. The Kier molecular flexibility index (Phi) is 4.63. The van der Waals surface area contributed by atoms with Gasteiger partial charge in [-0.15, -0.1) is 0 Å². The molecule has 0 amide bonds. The van der Waals surface area contributed by atoms with Crippen molar-refractivity contribution in [1.82, 2.24) is 0 Å². The lowest BCUT2D eigenvalue weighted by molar-refractivity contribution is -0.144. The van der Waals surface area contributed by atoms with Gasteiger partial charge >= 0.3 is 5.97 Å². The van der Waals surface area contributed by atoms with E-state index in [2.05, 4.69) is 0 Å². The number of esters is 1. The van der Waals surface area contributed by atoms with E-state index in [4.69, 9.17) is 4.74 Å². The summed E-state index contributed by atoms with van der Waals surface area (Å²) in [5.41, 5.74) is 0. The standard InChI is InChI=1S/C8H14O2/c1-4-6-8(5-2)10-7(3)9/h4,6,8H,5H2,1-3H3/b6-4+. The van der Waals surface area contributed by atoms with Gasteiger partial charge in [0, 0.05) is 6.92 Å². The van der Waals surface area contributed by atoms with Crippen molar-refractivity contribution >= 4 is 5.97 Å². The fourth-order valence-corrected chi connectivity index (χ4v) is 0.687. The maximum absolute atomic E-state index is 10.4. The van der Waals surface area contributed by atoms with Crippen LogP contribution in [0.25, 0.3) is 0 Å². The average Bonchev–Trinajstić information content (AvgIpc) is 1.86. The van der Waals surface area contributed by atoms with Crippen LogP contribution >= 0.6 is 0 Å². The molecule has 2 nitrogen and oxygen atoms in total. The second-order valence-corrected chi connectivity index (χ2v) is 2.08. The number of ether oxygens (including phenoxy) is 1. The van der Waals surface area contributed by atoms with Crippen LogP contribution in [0.15, 0.2) is 12.2 Å². The van der Waals surface area contributed by atoms with Gasteiger partial charge in [0.15, 0.2) is 0 Å². The van der Waals surface area contributed by atoms with E-state index in [1.807, 2.05) is 26.0 Å². The fraction of sp³-hybridized carbons (Fsp3) is 0.625. The second kappa shape index (κ2) is 5.03. The Bertz CT molecular complexity index is 127. The fourth-order valence-electron chi connectivity index (χ4n) is 0.687. The van der Waals surface area contributed by atoms with Gasteiger partial charge in [-0.3, -0.25) is 4.79 Å². The van der Waals surface area contributed by atoms with Crippen molar-refractivity contribution < 1.29 is 9.53 Å². The molecule has 58 valence electrons. The van der Waals surface area contributed by atoms with Gasteiger partial charge in [0.25, 0.3) is 0 Å².